The summed E-state index contributed by atoms with van der Waals surface area (Å²) in [6.07, 6.45) is 1.88. The quantitative estimate of drug-likeness (QED) is 0.733. The van der Waals surface area contributed by atoms with E-state index in [9.17, 15) is 9.59 Å². The summed E-state index contributed by atoms with van der Waals surface area (Å²) in [4.78, 5) is 38.1. The number of aryl methyl sites for hydroxylation is 3. The van der Waals surface area contributed by atoms with Crippen LogP contribution in [0, 0.1) is 20.8 Å². The number of hydrogen-bond donors (Lipinski definition) is 2. The number of nitrogens with one attached hydrogen (secondary N) is 2. The molecular weight excluding hydrogens is 340 g/mol. The molecule has 1 aliphatic heterocycles. The number of rotatable bonds is 2. The van der Waals surface area contributed by atoms with E-state index in [-0.39, 0.29) is 22.9 Å². The number of fused-ring (bicyclic) bond motifs is 1. The van der Waals surface area contributed by atoms with Crippen LogP contribution in [0.15, 0.2) is 29.1 Å². The number of hydrogen-bond acceptors (Lipinski definition) is 3. The minimum atomic E-state index is -0.306. The van der Waals surface area contributed by atoms with E-state index in [1.165, 1.54) is 0 Å². The molecule has 4 rings (SSSR count). The van der Waals surface area contributed by atoms with Crippen LogP contribution in [-0.4, -0.2) is 38.8 Å². The Hall–Kier alpha value is -2.89. The van der Waals surface area contributed by atoms with Crippen LogP contribution < -0.4 is 5.56 Å². The highest BCUT2D eigenvalue weighted by molar-refractivity contribution is 5.95. The number of imidazole rings is 1. The van der Waals surface area contributed by atoms with E-state index >= 15 is 0 Å². The summed E-state index contributed by atoms with van der Waals surface area (Å²) in [5, 5.41) is 0. The van der Waals surface area contributed by atoms with Gasteiger partial charge in [0.05, 0.1) is 11.0 Å². The fourth-order valence-corrected chi connectivity index (χ4v) is 4.05. The Morgan fingerprint density at radius 3 is 2.74 bits per heavy atom. The lowest BCUT2D eigenvalue weighted by Crippen LogP contribution is -2.41. The van der Waals surface area contributed by atoms with Gasteiger partial charge in [-0.25, -0.2) is 4.98 Å². The van der Waals surface area contributed by atoms with Crippen LogP contribution in [0.2, 0.25) is 0 Å². The molecule has 6 heteroatoms. The topological polar surface area (TPSA) is 81.8 Å². The number of likely N-dealkylation sites (tertiary alicyclic amines) is 1. The number of aromatic amines is 2. The number of nitrogens with zero attached hydrogens (tertiary/aromatic N) is 2. The summed E-state index contributed by atoms with van der Waals surface area (Å²) in [5.41, 5.74) is 4.59. The number of piperidine rings is 1. The largest absolute Gasteiger partial charge is 0.342 e. The molecule has 0 spiro atoms. The fourth-order valence-electron chi connectivity index (χ4n) is 4.05. The number of pyridine rings is 1. The number of benzene rings is 1. The third-order valence-electron chi connectivity index (χ3n) is 5.41. The Kier molecular flexibility index (Phi) is 4.34. The second-order valence-corrected chi connectivity index (χ2v) is 7.52. The van der Waals surface area contributed by atoms with Gasteiger partial charge in [-0.15, -0.1) is 0 Å². The van der Waals surface area contributed by atoms with Gasteiger partial charge in [0.1, 0.15) is 11.4 Å². The van der Waals surface area contributed by atoms with Gasteiger partial charge in [0.25, 0.3) is 11.5 Å². The zero-order valence-corrected chi connectivity index (χ0v) is 15.9. The monoisotopic (exact) mass is 364 g/mol. The molecule has 6 nitrogen and oxygen atoms in total. The third-order valence-corrected chi connectivity index (χ3v) is 5.41. The second kappa shape index (κ2) is 6.68. The zero-order valence-electron chi connectivity index (χ0n) is 15.9. The SMILES string of the molecule is Cc1cc(C)c(C(=O)N2CCC[C@@H](c3nc4c(C)cccc4[nH]3)C2)c(=O)[nH]1. The van der Waals surface area contributed by atoms with E-state index in [1.54, 1.807) is 4.90 Å². The van der Waals surface area contributed by atoms with Crippen molar-refractivity contribution in [2.45, 2.75) is 39.5 Å². The van der Waals surface area contributed by atoms with Crippen molar-refractivity contribution < 1.29 is 4.79 Å². The van der Waals surface area contributed by atoms with Crippen LogP contribution in [0.1, 0.15) is 51.8 Å². The van der Waals surface area contributed by atoms with Gasteiger partial charge >= 0.3 is 0 Å². The third kappa shape index (κ3) is 3.16. The number of aromatic nitrogens is 3. The summed E-state index contributed by atoms with van der Waals surface area (Å²) in [6.45, 7) is 6.93. The van der Waals surface area contributed by atoms with Gasteiger partial charge < -0.3 is 14.9 Å². The Labute approximate surface area is 157 Å². The smallest absolute Gasteiger partial charge is 0.261 e. The first-order valence-electron chi connectivity index (χ1n) is 9.39. The lowest BCUT2D eigenvalue weighted by atomic mass is 9.96. The molecule has 1 atom stereocenters. The summed E-state index contributed by atoms with van der Waals surface area (Å²) in [5.74, 6) is 0.886. The Morgan fingerprint density at radius 1 is 1.19 bits per heavy atom. The van der Waals surface area contributed by atoms with E-state index < -0.39 is 0 Å². The van der Waals surface area contributed by atoms with Crippen molar-refractivity contribution in [3.63, 3.8) is 0 Å². The highest BCUT2D eigenvalue weighted by Gasteiger charge is 2.29. The van der Waals surface area contributed by atoms with Gasteiger partial charge in [-0.3, -0.25) is 9.59 Å². The second-order valence-electron chi connectivity index (χ2n) is 7.52. The number of carbonyl (C=O) groups is 1. The number of carbonyl (C=O) groups excluding carboxylic acids is 1. The Balaban J connectivity index is 1.62. The lowest BCUT2D eigenvalue weighted by molar-refractivity contribution is 0.0702. The van der Waals surface area contributed by atoms with Gasteiger partial charge in [0.15, 0.2) is 0 Å². The first-order chi connectivity index (χ1) is 12.9. The Morgan fingerprint density at radius 2 is 2.00 bits per heavy atom. The van der Waals surface area contributed by atoms with E-state index in [0.717, 1.165) is 46.5 Å². The van der Waals surface area contributed by atoms with E-state index in [2.05, 4.69) is 23.0 Å². The average molecular weight is 364 g/mol. The minimum absolute atomic E-state index is 0.152. The van der Waals surface area contributed by atoms with Crippen molar-refractivity contribution in [1.82, 2.24) is 19.9 Å². The molecule has 0 bridgehead atoms. The molecule has 140 valence electrons. The maximum absolute atomic E-state index is 13.0. The van der Waals surface area contributed by atoms with Crippen LogP contribution in [0.25, 0.3) is 11.0 Å². The predicted octanol–water partition coefficient (Wildman–Crippen LogP) is 3.20. The standard InChI is InChI=1S/C21H24N4O2/c1-12-6-4-8-16-18(12)24-19(23-16)15-7-5-9-25(11-15)21(27)17-13(2)10-14(3)22-20(17)26/h4,6,8,10,15H,5,7,9,11H2,1-3H3,(H,22,26)(H,23,24)/t15-/m1/s1. The predicted molar refractivity (Wildman–Crippen MR) is 105 cm³/mol. The number of para-hydroxylation sites is 1. The molecule has 1 amide bonds. The molecule has 2 aromatic heterocycles. The highest BCUT2D eigenvalue weighted by Crippen LogP contribution is 2.28. The van der Waals surface area contributed by atoms with Gasteiger partial charge in [-0.1, -0.05) is 12.1 Å². The van der Waals surface area contributed by atoms with Crippen molar-refractivity contribution in [3.05, 3.63) is 62.8 Å². The Bertz CT molecular complexity index is 1080. The maximum atomic E-state index is 13.0. The maximum Gasteiger partial charge on any atom is 0.261 e. The molecule has 1 fully saturated rings. The van der Waals surface area contributed by atoms with E-state index in [0.29, 0.717) is 13.1 Å². The molecular formula is C21H24N4O2. The van der Waals surface area contributed by atoms with Crippen LogP contribution in [0.5, 0.6) is 0 Å². The van der Waals surface area contributed by atoms with Crippen LogP contribution in [0.3, 0.4) is 0 Å². The van der Waals surface area contributed by atoms with Gasteiger partial charge in [0.2, 0.25) is 0 Å². The molecule has 0 radical (unpaired) electrons. The lowest BCUT2D eigenvalue weighted by Gasteiger charge is -2.32. The van der Waals surface area contributed by atoms with Gasteiger partial charge in [-0.05, 0) is 56.9 Å². The molecule has 1 saturated heterocycles. The summed E-state index contributed by atoms with van der Waals surface area (Å²) in [6, 6.07) is 7.94. The molecule has 1 aromatic carbocycles. The normalized spacial score (nSPS) is 17.4. The molecule has 2 N–H and O–H groups in total. The minimum Gasteiger partial charge on any atom is -0.342 e. The van der Waals surface area contributed by atoms with Crippen LogP contribution in [-0.2, 0) is 0 Å². The fraction of sp³-hybridized carbons (Fsp3) is 0.381. The van der Waals surface area contributed by atoms with Crippen molar-refractivity contribution in [3.8, 4) is 0 Å². The molecule has 3 heterocycles. The molecule has 0 saturated carbocycles. The molecule has 1 aliphatic rings. The van der Waals surface area contributed by atoms with Crippen molar-refractivity contribution >= 4 is 16.9 Å². The molecule has 0 aliphatic carbocycles. The van der Waals surface area contributed by atoms with Crippen LogP contribution in [0.4, 0.5) is 0 Å². The zero-order chi connectivity index (χ0) is 19.1. The van der Waals surface area contributed by atoms with Crippen molar-refractivity contribution in [2.75, 3.05) is 13.1 Å². The highest BCUT2D eigenvalue weighted by atomic mass is 16.2. The summed E-state index contributed by atoms with van der Waals surface area (Å²) in [7, 11) is 0. The van der Waals surface area contributed by atoms with E-state index in [4.69, 9.17) is 4.98 Å². The number of H-pyrrole nitrogens is 2. The first kappa shape index (κ1) is 17.5. The molecule has 27 heavy (non-hydrogen) atoms. The molecule has 0 unspecified atom stereocenters. The van der Waals surface area contributed by atoms with Crippen molar-refractivity contribution in [1.29, 1.82) is 0 Å². The van der Waals surface area contributed by atoms with Crippen LogP contribution >= 0.6 is 0 Å². The average Bonchev–Trinajstić information content (AvgIpc) is 3.07. The number of amides is 1. The van der Waals surface area contributed by atoms with Gasteiger partial charge in [0, 0.05) is 24.7 Å². The van der Waals surface area contributed by atoms with Gasteiger partial charge in [-0.2, -0.15) is 0 Å². The summed E-state index contributed by atoms with van der Waals surface area (Å²) < 4.78 is 0. The van der Waals surface area contributed by atoms with E-state index in [1.807, 2.05) is 32.0 Å². The first-order valence-corrected chi connectivity index (χ1v) is 9.39. The van der Waals surface area contributed by atoms with Crippen molar-refractivity contribution in [2.24, 2.45) is 0 Å². The summed E-state index contributed by atoms with van der Waals surface area (Å²) >= 11 is 0. The molecule has 3 aromatic rings.